The minimum Gasteiger partial charge on any atom is -0.352 e. The second-order valence-electron chi connectivity index (χ2n) is 4.86. The molecule has 0 aromatic heterocycles. The summed E-state index contributed by atoms with van der Waals surface area (Å²) in [6.07, 6.45) is 5.49. The van der Waals surface area contributed by atoms with Gasteiger partial charge in [-0.15, -0.1) is 0 Å². The van der Waals surface area contributed by atoms with Crippen LogP contribution in [0.2, 0.25) is 0 Å². The Balaban J connectivity index is 2.52. The molecule has 0 saturated heterocycles. The van der Waals surface area contributed by atoms with Crippen molar-refractivity contribution < 1.29 is 4.79 Å². The highest BCUT2D eigenvalue weighted by molar-refractivity contribution is 5.79. The number of hydrogen-bond acceptors (Lipinski definition) is 3. The van der Waals surface area contributed by atoms with E-state index < -0.39 is 0 Å². The first-order valence-corrected chi connectivity index (χ1v) is 6.60. The molecule has 1 rings (SSSR count). The number of amides is 1. The van der Waals surface area contributed by atoms with Crippen molar-refractivity contribution in [3.63, 3.8) is 0 Å². The molecule has 3 N–H and O–H groups in total. The van der Waals surface area contributed by atoms with Gasteiger partial charge in [0.2, 0.25) is 5.91 Å². The van der Waals surface area contributed by atoms with E-state index in [9.17, 15) is 4.79 Å². The molecule has 1 saturated carbocycles. The van der Waals surface area contributed by atoms with Crippen molar-refractivity contribution in [3.8, 4) is 6.07 Å². The minimum atomic E-state index is -0.00662. The number of hydrogen-bond donors (Lipinski definition) is 2. The third kappa shape index (κ3) is 4.01. The van der Waals surface area contributed by atoms with Crippen molar-refractivity contribution in [2.45, 2.75) is 51.5 Å². The Labute approximate surface area is 104 Å². The maximum atomic E-state index is 12.1. The summed E-state index contributed by atoms with van der Waals surface area (Å²) < 4.78 is 0. The first-order chi connectivity index (χ1) is 8.22. The van der Waals surface area contributed by atoms with Crippen molar-refractivity contribution in [1.82, 2.24) is 5.32 Å². The number of nitriles is 1. The molecule has 1 aliphatic rings. The third-order valence-electron chi connectivity index (χ3n) is 3.73. The Hall–Kier alpha value is -1.08. The second-order valence-corrected chi connectivity index (χ2v) is 4.86. The highest BCUT2D eigenvalue weighted by Crippen LogP contribution is 2.29. The van der Waals surface area contributed by atoms with Gasteiger partial charge in [-0.1, -0.05) is 19.8 Å². The lowest BCUT2D eigenvalue weighted by Crippen LogP contribution is -2.43. The summed E-state index contributed by atoms with van der Waals surface area (Å²) >= 11 is 0. The van der Waals surface area contributed by atoms with Crippen LogP contribution in [0.25, 0.3) is 0 Å². The zero-order valence-electron chi connectivity index (χ0n) is 10.6. The number of nitrogens with two attached hydrogens (primary N) is 1. The summed E-state index contributed by atoms with van der Waals surface area (Å²) in [4.78, 5) is 12.1. The van der Waals surface area contributed by atoms with E-state index in [0.29, 0.717) is 18.9 Å². The van der Waals surface area contributed by atoms with Gasteiger partial charge in [-0.25, -0.2) is 0 Å². The SMILES string of the molecule is CCC(CC#N)NC(=O)C1CCCCC1CN. The molecule has 0 radical (unpaired) electrons. The van der Waals surface area contributed by atoms with E-state index in [4.69, 9.17) is 11.0 Å². The molecule has 4 heteroatoms. The molecule has 0 aromatic rings. The van der Waals surface area contributed by atoms with Gasteiger partial charge in [-0.05, 0) is 31.7 Å². The molecule has 1 aliphatic carbocycles. The normalized spacial score (nSPS) is 25.9. The van der Waals surface area contributed by atoms with Gasteiger partial charge in [0, 0.05) is 12.0 Å². The Kier molecular flexibility index (Phi) is 5.99. The van der Waals surface area contributed by atoms with Crippen LogP contribution in [0.3, 0.4) is 0 Å². The number of carbonyl (C=O) groups excluding carboxylic acids is 1. The van der Waals surface area contributed by atoms with Crippen LogP contribution in [-0.2, 0) is 4.79 Å². The molecule has 1 fully saturated rings. The van der Waals surface area contributed by atoms with Crippen LogP contribution in [0.4, 0.5) is 0 Å². The fourth-order valence-corrected chi connectivity index (χ4v) is 2.55. The van der Waals surface area contributed by atoms with Crippen molar-refractivity contribution >= 4 is 5.91 Å². The van der Waals surface area contributed by atoms with Crippen LogP contribution in [0.1, 0.15) is 45.4 Å². The first-order valence-electron chi connectivity index (χ1n) is 6.60. The molecule has 3 unspecified atom stereocenters. The fraction of sp³-hybridized carbons (Fsp3) is 0.846. The molecule has 0 spiro atoms. The summed E-state index contributed by atoms with van der Waals surface area (Å²) in [6.45, 7) is 2.58. The van der Waals surface area contributed by atoms with Crippen LogP contribution in [0.5, 0.6) is 0 Å². The average Bonchev–Trinajstić information content (AvgIpc) is 2.38. The summed E-state index contributed by atoms with van der Waals surface area (Å²) in [7, 11) is 0. The Morgan fingerprint density at radius 3 is 2.82 bits per heavy atom. The van der Waals surface area contributed by atoms with Gasteiger partial charge >= 0.3 is 0 Å². The van der Waals surface area contributed by atoms with E-state index in [-0.39, 0.29) is 17.9 Å². The molecule has 0 bridgehead atoms. The largest absolute Gasteiger partial charge is 0.352 e. The molecular weight excluding hydrogens is 214 g/mol. The summed E-state index contributed by atoms with van der Waals surface area (Å²) in [5.41, 5.74) is 5.72. The summed E-state index contributed by atoms with van der Waals surface area (Å²) in [5.74, 6) is 0.479. The molecule has 0 heterocycles. The van der Waals surface area contributed by atoms with Crippen molar-refractivity contribution in [1.29, 1.82) is 5.26 Å². The third-order valence-corrected chi connectivity index (χ3v) is 3.73. The highest BCUT2D eigenvalue weighted by atomic mass is 16.1. The number of nitrogens with one attached hydrogen (secondary N) is 1. The number of carbonyl (C=O) groups is 1. The molecule has 0 aliphatic heterocycles. The lowest BCUT2D eigenvalue weighted by Gasteiger charge is -2.30. The predicted molar refractivity (Wildman–Crippen MR) is 67.0 cm³/mol. The van der Waals surface area contributed by atoms with Crippen molar-refractivity contribution in [2.24, 2.45) is 17.6 Å². The lowest BCUT2D eigenvalue weighted by atomic mass is 9.78. The van der Waals surface area contributed by atoms with Crippen LogP contribution >= 0.6 is 0 Å². The summed E-state index contributed by atoms with van der Waals surface area (Å²) in [6, 6.07) is 2.11. The standard InChI is InChI=1S/C13H23N3O/c1-2-11(7-8-14)16-13(17)12-6-4-3-5-10(12)9-15/h10-12H,2-7,9,15H2,1H3,(H,16,17). The van der Waals surface area contributed by atoms with Crippen LogP contribution < -0.4 is 11.1 Å². The van der Waals surface area contributed by atoms with E-state index in [2.05, 4.69) is 11.4 Å². The van der Waals surface area contributed by atoms with Crippen LogP contribution in [-0.4, -0.2) is 18.5 Å². The van der Waals surface area contributed by atoms with E-state index in [1.165, 1.54) is 6.42 Å². The molecule has 96 valence electrons. The Morgan fingerprint density at radius 1 is 1.53 bits per heavy atom. The van der Waals surface area contributed by atoms with E-state index in [0.717, 1.165) is 25.7 Å². The molecule has 4 nitrogen and oxygen atoms in total. The maximum Gasteiger partial charge on any atom is 0.223 e. The van der Waals surface area contributed by atoms with Crippen LogP contribution in [0.15, 0.2) is 0 Å². The van der Waals surface area contributed by atoms with Gasteiger partial charge in [-0.3, -0.25) is 4.79 Å². The number of rotatable bonds is 5. The molecule has 17 heavy (non-hydrogen) atoms. The minimum absolute atomic E-state index is 0.00662. The maximum absolute atomic E-state index is 12.1. The predicted octanol–water partition coefficient (Wildman–Crippen LogP) is 1.56. The second kappa shape index (κ2) is 7.29. The first kappa shape index (κ1) is 14.0. The zero-order valence-corrected chi connectivity index (χ0v) is 10.6. The number of nitrogens with zero attached hydrogens (tertiary/aromatic N) is 1. The van der Waals surface area contributed by atoms with Crippen molar-refractivity contribution in [2.75, 3.05) is 6.54 Å². The fourth-order valence-electron chi connectivity index (χ4n) is 2.55. The Bertz CT molecular complexity index is 285. The zero-order chi connectivity index (χ0) is 12.7. The molecule has 0 aromatic carbocycles. The van der Waals surface area contributed by atoms with Gasteiger partial charge in [0.25, 0.3) is 0 Å². The quantitative estimate of drug-likeness (QED) is 0.761. The molecule has 1 amide bonds. The van der Waals surface area contributed by atoms with E-state index in [1.54, 1.807) is 0 Å². The van der Waals surface area contributed by atoms with E-state index >= 15 is 0 Å². The molecular formula is C13H23N3O. The van der Waals surface area contributed by atoms with Gasteiger partial charge in [0.1, 0.15) is 0 Å². The van der Waals surface area contributed by atoms with Crippen LogP contribution in [0, 0.1) is 23.2 Å². The summed E-state index contributed by atoms with van der Waals surface area (Å²) in [5, 5.41) is 11.7. The lowest BCUT2D eigenvalue weighted by molar-refractivity contribution is -0.128. The van der Waals surface area contributed by atoms with Gasteiger partial charge in [0.15, 0.2) is 0 Å². The van der Waals surface area contributed by atoms with E-state index in [1.807, 2.05) is 6.92 Å². The topological polar surface area (TPSA) is 78.9 Å². The van der Waals surface area contributed by atoms with Gasteiger partial charge in [-0.2, -0.15) is 5.26 Å². The Morgan fingerprint density at radius 2 is 2.24 bits per heavy atom. The van der Waals surface area contributed by atoms with Gasteiger partial charge < -0.3 is 11.1 Å². The average molecular weight is 237 g/mol. The van der Waals surface area contributed by atoms with Crippen molar-refractivity contribution in [3.05, 3.63) is 0 Å². The molecule has 3 atom stereocenters. The monoisotopic (exact) mass is 237 g/mol. The smallest absolute Gasteiger partial charge is 0.223 e. The van der Waals surface area contributed by atoms with Gasteiger partial charge in [0.05, 0.1) is 12.5 Å². The highest BCUT2D eigenvalue weighted by Gasteiger charge is 2.30.